The van der Waals surface area contributed by atoms with Gasteiger partial charge in [-0.25, -0.2) is 0 Å². The Balaban J connectivity index is 2.10. The Labute approximate surface area is 108 Å². The van der Waals surface area contributed by atoms with Crippen LogP contribution in [0.25, 0.3) is 0 Å². The predicted molar refractivity (Wildman–Crippen MR) is 67.9 cm³/mol. The average molecular weight is 248 g/mol. The van der Waals surface area contributed by atoms with Crippen LogP contribution in [0.3, 0.4) is 0 Å². The SMILES string of the molecule is C=C(C)[C@H]1C[C@@]23[C@@H](O1)O[C@]2(C)C=CC(=O)C3(C)C. The van der Waals surface area contributed by atoms with Crippen LogP contribution in [0, 0.1) is 10.8 Å². The van der Waals surface area contributed by atoms with Crippen molar-refractivity contribution in [3.8, 4) is 0 Å². The van der Waals surface area contributed by atoms with Gasteiger partial charge in [0.05, 0.1) is 17.1 Å². The van der Waals surface area contributed by atoms with Gasteiger partial charge in [0.25, 0.3) is 0 Å². The van der Waals surface area contributed by atoms with Gasteiger partial charge >= 0.3 is 0 Å². The monoisotopic (exact) mass is 248 g/mol. The third kappa shape index (κ3) is 1.06. The van der Waals surface area contributed by atoms with E-state index in [0.29, 0.717) is 0 Å². The summed E-state index contributed by atoms with van der Waals surface area (Å²) in [5.74, 6) is 0.166. The van der Waals surface area contributed by atoms with Gasteiger partial charge < -0.3 is 9.47 Å². The van der Waals surface area contributed by atoms with Gasteiger partial charge in [0, 0.05) is 5.41 Å². The quantitative estimate of drug-likeness (QED) is 0.669. The highest BCUT2D eigenvalue weighted by atomic mass is 16.7. The first-order valence-electron chi connectivity index (χ1n) is 6.47. The summed E-state index contributed by atoms with van der Waals surface area (Å²) < 4.78 is 11.8. The second-order valence-electron chi connectivity index (χ2n) is 6.53. The van der Waals surface area contributed by atoms with Crippen LogP contribution >= 0.6 is 0 Å². The van der Waals surface area contributed by atoms with Crippen molar-refractivity contribution in [2.75, 3.05) is 0 Å². The topological polar surface area (TPSA) is 35.5 Å². The van der Waals surface area contributed by atoms with Gasteiger partial charge in [0.15, 0.2) is 12.1 Å². The Bertz CT molecular complexity index is 476. The van der Waals surface area contributed by atoms with Crippen LogP contribution in [0.5, 0.6) is 0 Å². The molecule has 0 aromatic rings. The second kappa shape index (κ2) is 3.14. The zero-order valence-corrected chi connectivity index (χ0v) is 11.4. The van der Waals surface area contributed by atoms with Crippen LogP contribution in [-0.4, -0.2) is 23.8 Å². The van der Waals surface area contributed by atoms with Crippen molar-refractivity contribution in [3.05, 3.63) is 24.3 Å². The molecule has 0 N–H and O–H groups in total. The zero-order chi connectivity index (χ0) is 13.3. The van der Waals surface area contributed by atoms with Gasteiger partial charge in [-0.1, -0.05) is 26.0 Å². The number of ketones is 1. The maximum Gasteiger partial charge on any atom is 0.169 e. The summed E-state index contributed by atoms with van der Waals surface area (Å²) in [7, 11) is 0. The van der Waals surface area contributed by atoms with E-state index in [0.717, 1.165) is 12.0 Å². The number of carbonyl (C=O) groups excluding carboxylic acids is 1. The van der Waals surface area contributed by atoms with Gasteiger partial charge in [0.1, 0.15) is 0 Å². The van der Waals surface area contributed by atoms with E-state index >= 15 is 0 Å². The lowest BCUT2D eigenvalue weighted by Gasteiger charge is -2.64. The number of rotatable bonds is 1. The molecule has 3 nitrogen and oxygen atoms in total. The number of hydrogen-bond acceptors (Lipinski definition) is 3. The summed E-state index contributed by atoms with van der Waals surface area (Å²) in [5.41, 5.74) is -0.0965. The van der Waals surface area contributed by atoms with Gasteiger partial charge in [-0.15, -0.1) is 0 Å². The Morgan fingerprint density at radius 1 is 1.44 bits per heavy atom. The molecule has 18 heavy (non-hydrogen) atoms. The molecule has 1 spiro atoms. The molecule has 3 heteroatoms. The molecule has 0 unspecified atom stereocenters. The molecule has 0 bridgehead atoms. The Hall–Kier alpha value is -0.930. The Kier molecular flexibility index (Phi) is 2.12. The van der Waals surface area contributed by atoms with E-state index in [4.69, 9.17) is 9.47 Å². The smallest absolute Gasteiger partial charge is 0.169 e. The summed E-state index contributed by atoms with van der Waals surface area (Å²) >= 11 is 0. The van der Waals surface area contributed by atoms with Gasteiger partial charge in [-0.2, -0.15) is 0 Å². The zero-order valence-electron chi connectivity index (χ0n) is 11.4. The van der Waals surface area contributed by atoms with Crippen LogP contribution in [0.2, 0.25) is 0 Å². The molecule has 3 rings (SSSR count). The van der Waals surface area contributed by atoms with Crippen LogP contribution in [0.1, 0.15) is 34.1 Å². The average Bonchev–Trinajstić information content (AvgIpc) is 2.59. The highest BCUT2D eigenvalue weighted by Crippen LogP contribution is 2.69. The van der Waals surface area contributed by atoms with E-state index in [-0.39, 0.29) is 29.2 Å². The minimum Gasteiger partial charge on any atom is -0.344 e. The molecule has 1 aliphatic carbocycles. The number of carbonyl (C=O) groups is 1. The number of hydrogen-bond donors (Lipinski definition) is 0. The lowest BCUT2D eigenvalue weighted by atomic mass is 9.48. The first-order valence-corrected chi connectivity index (χ1v) is 6.47. The van der Waals surface area contributed by atoms with Crippen molar-refractivity contribution in [2.24, 2.45) is 10.8 Å². The summed E-state index contributed by atoms with van der Waals surface area (Å²) in [6, 6.07) is 0. The van der Waals surface area contributed by atoms with E-state index in [2.05, 4.69) is 13.5 Å². The van der Waals surface area contributed by atoms with Crippen LogP contribution in [-0.2, 0) is 14.3 Å². The second-order valence-corrected chi connectivity index (χ2v) is 6.53. The highest BCUT2D eigenvalue weighted by Gasteiger charge is 2.77. The van der Waals surface area contributed by atoms with Crippen molar-refractivity contribution in [3.63, 3.8) is 0 Å². The number of ether oxygens (including phenoxy) is 2. The molecule has 0 saturated carbocycles. The molecule has 2 aliphatic heterocycles. The van der Waals surface area contributed by atoms with Crippen molar-refractivity contribution >= 4 is 5.78 Å². The number of allylic oxidation sites excluding steroid dienone is 1. The molecule has 0 radical (unpaired) electrons. The maximum absolute atomic E-state index is 12.2. The molecule has 0 aromatic heterocycles. The molecule has 2 saturated heterocycles. The minimum absolute atomic E-state index is 0.00426. The molecular formula is C15H20O3. The molecule has 0 aromatic carbocycles. The van der Waals surface area contributed by atoms with Crippen LogP contribution < -0.4 is 0 Å². The lowest BCUT2D eigenvalue weighted by Crippen LogP contribution is -2.73. The van der Waals surface area contributed by atoms with Crippen LogP contribution in [0.4, 0.5) is 0 Å². The Morgan fingerprint density at radius 2 is 2.11 bits per heavy atom. The lowest BCUT2D eigenvalue weighted by molar-refractivity contribution is -0.372. The highest BCUT2D eigenvalue weighted by molar-refractivity contribution is 5.97. The fraction of sp³-hybridized carbons (Fsp3) is 0.667. The molecule has 2 heterocycles. The summed E-state index contributed by atoms with van der Waals surface area (Å²) in [6.07, 6.45) is 4.09. The Morgan fingerprint density at radius 3 is 2.72 bits per heavy atom. The third-order valence-electron chi connectivity index (χ3n) is 5.27. The summed E-state index contributed by atoms with van der Waals surface area (Å²) in [4.78, 5) is 12.2. The van der Waals surface area contributed by atoms with Gasteiger partial charge in [-0.05, 0) is 32.4 Å². The summed E-state index contributed by atoms with van der Waals surface area (Å²) in [6.45, 7) is 12.0. The van der Waals surface area contributed by atoms with Crippen molar-refractivity contribution in [1.29, 1.82) is 0 Å². The maximum atomic E-state index is 12.2. The van der Waals surface area contributed by atoms with E-state index in [9.17, 15) is 4.79 Å². The molecule has 0 amide bonds. The molecule has 4 atom stereocenters. The van der Waals surface area contributed by atoms with E-state index in [1.54, 1.807) is 6.08 Å². The third-order valence-corrected chi connectivity index (χ3v) is 5.27. The first-order chi connectivity index (χ1) is 8.24. The predicted octanol–water partition coefficient (Wildman–Crippen LogP) is 2.62. The fourth-order valence-electron chi connectivity index (χ4n) is 3.85. The molecule has 2 fully saturated rings. The molecule has 98 valence electrons. The van der Waals surface area contributed by atoms with Gasteiger partial charge in [0.2, 0.25) is 0 Å². The van der Waals surface area contributed by atoms with Crippen molar-refractivity contribution < 1.29 is 14.3 Å². The first kappa shape index (κ1) is 12.1. The van der Waals surface area contributed by atoms with E-state index < -0.39 is 5.41 Å². The molecule has 3 aliphatic rings. The van der Waals surface area contributed by atoms with Gasteiger partial charge in [-0.3, -0.25) is 4.79 Å². The summed E-state index contributed by atoms with van der Waals surface area (Å²) in [5, 5.41) is 0. The fourth-order valence-corrected chi connectivity index (χ4v) is 3.85. The largest absolute Gasteiger partial charge is 0.344 e. The minimum atomic E-state index is -0.455. The molecular weight excluding hydrogens is 228 g/mol. The van der Waals surface area contributed by atoms with E-state index in [1.165, 1.54) is 0 Å². The van der Waals surface area contributed by atoms with Crippen molar-refractivity contribution in [1.82, 2.24) is 0 Å². The van der Waals surface area contributed by atoms with Crippen molar-refractivity contribution in [2.45, 2.75) is 52.1 Å². The standard InChI is InChI=1S/C15H20O3/c1-9(2)10-8-15-12(17-10)18-14(15,5)7-6-11(16)13(15,3)4/h6-7,10,12H,1,8H2,2-5H3/t10-,12+,14-,15+/m1/s1. The van der Waals surface area contributed by atoms with E-state index in [1.807, 2.05) is 26.8 Å². The normalized spacial score (nSPS) is 48.3. The van der Waals surface area contributed by atoms with Crippen LogP contribution in [0.15, 0.2) is 24.3 Å².